The van der Waals surface area contributed by atoms with Gasteiger partial charge in [0.1, 0.15) is 11.0 Å². The predicted molar refractivity (Wildman–Crippen MR) is 97.5 cm³/mol. The summed E-state index contributed by atoms with van der Waals surface area (Å²) < 4.78 is 44.3. The van der Waals surface area contributed by atoms with Crippen molar-refractivity contribution in [2.45, 2.75) is 50.7 Å². The second-order valence-electron chi connectivity index (χ2n) is 8.59. The molecule has 3 saturated carbocycles. The molecule has 0 heterocycles. The molecule has 0 aromatic heterocycles. The van der Waals surface area contributed by atoms with Crippen LogP contribution in [0, 0.1) is 35.5 Å². The number of esters is 1. The number of Topliss-reactive ketones (excluding diaryl/α,β-unsaturated/α-hetero) is 1. The maximum absolute atomic E-state index is 12.7. The van der Waals surface area contributed by atoms with Gasteiger partial charge in [-0.15, -0.1) is 0 Å². The van der Waals surface area contributed by atoms with Crippen LogP contribution in [0.4, 0.5) is 0 Å². The highest BCUT2D eigenvalue weighted by atomic mass is 32.2. The zero-order valence-electron chi connectivity index (χ0n) is 16.0. The first-order valence-electron chi connectivity index (χ1n) is 9.84. The van der Waals surface area contributed by atoms with Crippen molar-refractivity contribution in [3.05, 3.63) is 0 Å². The largest absolute Gasteiger partial charge is 0.465 e. The van der Waals surface area contributed by atoms with Gasteiger partial charge in [0, 0.05) is 19.6 Å². The molecule has 0 radical (unpaired) electrons. The highest BCUT2D eigenvalue weighted by Crippen LogP contribution is 2.54. The molecule has 0 spiro atoms. The summed E-state index contributed by atoms with van der Waals surface area (Å²) in [4.78, 5) is 24.5. The molecule has 3 aliphatic rings. The third-order valence-corrected chi connectivity index (χ3v) is 8.23. The van der Waals surface area contributed by atoms with E-state index in [2.05, 4.69) is 0 Å². The van der Waals surface area contributed by atoms with Gasteiger partial charge in [-0.2, -0.15) is 8.42 Å². The molecule has 2 bridgehead atoms. The number of rotatable bonds is 7. The van der Waals surface area contributed by atoms with Gasteiger partial charge < -0.3 is 9.47 Å². The highest BCUT2D eigenvalue weighted by molar-refractivity contribution is 7.86. The first-order chi connectivity index (χ1) is 12.7. The molecule has 3 fully saturated rings. The van der Waals surface area contributed by atoms with Crippen molar-refractivity contribution in [3.63, 3.8) is 0 Å². The van der Waals surface area contributed by atoms with Gasteiger partial charge >= 0.3 is 5.97 Å². The van der Waals surface area contributed by atoms with Gasteiger partial charge in [0.2, 0.25) is 0 Å². The summed E-state index contributed by atoms with van der Waals surface area (Å²) in [6.07, 6.45) is 5.00. The molecule has 3 aliphatic carbocycles. The van der Waals surface area contributed by atoms with Crippen molar-refractivity contribution in [3.8, 4) is 0 Å². The number of hydrogen-bond acceptors (Lipinski definition) is 6. The summed E-state index contributed by atoms with van der Waals surface area (Å²) in [5.41, 5.74) is 0. The van der Waals surface area contributed by atoms with E-state index in [9.17, 15) is 22.6 Å². The monoisotopic (exact) mass is 402 g/mol. The average Bonchev–Trinajstić information content (AvgIpc) is 3.19. The Hall–Kier alpha value is -0.990. The molecule has 27 heavy (non-hydrogen) atoms. The van der Waals surface area contributed by atoms with Gasteiger partial charge in [-0.3, -0.25) is 14.1 Å². The van der Waals surface area contributed by atoms with Crippen LogP contribution in [0.15, 0.2) is 0 Å². The maximum Gasteiger partial charge on any atom is 0.310 e. The lowest BCUT2D eigenvalue weighted by molar-refractivity contribution is -0.153. The SMILES string of the molecule is COCC1CCC(COC(=O)C2C3CC(C(C)=O)C(C3)C2S(=O)(=O)O)CC1. The van der Waals surface area contributed by atoms with E-state index in [1.165, 1.54) is 6.92 Å². The van der Waals surface area contributed by atoms with Gasteiger partial charge in [-0.25, -0.2) is 0 Å². The molecule has 7 nitrogen and oxygen atoms in total. The minimum absolute atomic E-state index is 0.0733. The van der Waals surface area contributed by atoms with Gasteiger partial charge in [0.05, 0.1) is 12.5 Å². The van der Waals surface area contributed by atoms with Crippen LogP contribution in [0.3, 0.4) is 0 Å². The lowest BCUT2D eigenvalue weighted by Crippen LogP contribution is -2.44. The molecule has 0 aromatic carbocycles. The van der Waals surface area contributed by atoms with Crippen molar-refractivity contribution >= 4 is 21.9 Å². The summed E-state index contributed by atoms with van der Waals surface area (Å²) in [6.45, 7) is 2.49. The summed E-state index contributed by atoms with van der Waals surface area (Å²) >= 11 is 0. The molecule has 0 aromatic rings. The average molecular weight is 403 g/mol. The fourth-order valence-electron chi connectivity index (χ4n) is 5.60. The maximum atomic E-state index is 12.7. The molecule has 154 valence electrons. The Balaban J connectivity index is 1.59. The van der Waals surface area contributed by atoms with E-state index < -0.39 is 33.2 Å². The van der Waals surface area contributed by atoms with Crippen LogP contribution in [0.5, 0.6) is 0 Å². The lowest BCUT2D eigenvalue weighted by Gasteiger charge is -2.32. The fraction of sp³-hybridized carbons (Fsp3) is 0.895. The Morgan fingerprint density at radius 3 is 2.15 bits per heavy atom. The van der Waals surface area contributed by atoms with Crippen molar-refractivity contribution in [2.75, 3.05) is 20.3 Å². The minimum Gasteiger partial charge on any atom is -0.465 e. The van der Waals surface area contributed by atoms with E-state index in [0.29, 0.717) is 25.4 Å². The number of ether oxygens (including phenoxy) is 2. The molecular weight excluding hydrogens is 372 g/mol. The van der Waals surface area contributed by atoms with E-state index >= 15 is 0 Å². The number of hydrogen-bond donors (Lipinski definition) is 1. The quantitative estimate of drug-likeness (QED) is 0.513. The molecule has 0 aliphatic heterocycles. The lowest BCUT2D eigenvalue weighted by atomic mass is 9.80. The highest BCUT2D eigenvalue weighted by Gasteiger charge is 2.61. The third-order valence-electron chi connectivity index (χ3n) is 6.90. The van der Waals surface area contributed by atoms with E-state index in [4.69, 9.17) is 9.47 Å². The fourth-order valence-corrected chi connectivity index (χ4v) is 7.05. The van der Waals surface area contributed by atoms with Crippen LogP contribution in [0.25, 0.3) is 0 Å². The van der Waals surface area contributed by atoms with Crippen molar-refractivity contribution in [2.24, 2.45) is 35.5 Å². The van der Waals surface area contributed by atoms with Crippen molar-refractivity contribution in [1.82, 2.24) is 0 Å². The molecule has 3 rings (SSSR count). The number of ketones is 1. The van der Waals surface area contributed by atoms with Crippen LogP contribution >= 0.6 is 0 Å². The number of fused-ring (bicyclic) bond motifs is 2. The van der Waals surface area contributed by atoms with Gasteiger partial charge in [-0.1, -0.05) is 0 Å². The molecule has 5 unspecified atom stereocenters. The summed E-state index contributed by atoms with van der Waals surface area (Å²) in [6, 6.07) is 0. The van der Waals surface area contributed by atoms with Crippen LogP contribution in [-0.4, -0.2) is 50.3 Å². The van der Waals surface area contributed by atoms with Gasteiger partial charge in [0.25, 0.3) is 10.1 Å². The molecule has 5 atom stereocenters. The zero-order chi connectivity index (χ0) is 19.8. The first-order valence-corrected chi connectivity index (χ1v) is 11.3. The molecule has 0 saturated heterocycles. The Morgan fingerprint density at radius 2 is 1.63 bits per heavy atom. The second kappa shape index (κ2) is 8.17. The van der Waals surface area contributed by atoms with E-state index in [1.807, 2.05) is 0 Å². The summed E-state index contributed by atoms with van der Waals surface area (Å²) in [5, 5.41) is -1.21. The molecule has 0 amide bonds. The molecule has 8 heteroatoms. The van der Waals surface area contributed by atoms with E-state index in [1.54, 1.807) is 7.11 Å². The summed E-state index contributed by atoms with van der Waals surface area (Å²) in [7, 11) is -2.72. The Bertz CT molecular complexity index is 666. The van der Waals surface area contributed by atoms with Crippen LogP contribution < -0.4 is 0 Å². The number of carbonyl (C=O) groups excluding carboxylic acids is 2. The Labute approximate surface area is 160 Å². The first kappa shape index (κ1) is 20.7. The predicted octanol–water partition coefficient (Wildman–Crippen LogP) is 2.10. The van der Waals surface area contributed by atoms with Crippen LogP contribution in [-0.2, 0) is 29.2 Å². The smallest absolute Gasteiger partial charge is 0.310 e. The Kier molecular flexibility index (Phi) is 6.27. The normalized spacial score (nSPS) is 38.7. The van der Waals surface area contributed by atoms with Gasteiger partial charge in [-0.05, 0) is 69.1 Å². The summed E-state index contributed by atoms with van der Waals surface area (Å²) in [5.74, 6) is -1.70. The molecule has 1 N–H and O–H groups in total. The topological polar surface area (TPSA) is 107 Å². The van der Waals surface area contributed by atoms with E-state index in [0.717, 1.165) is 32.3 Å². The minimum atomic E-state index is -4.42. The number of methoxy groups -OCH3 is 1. The van der Waals surface area contributed by atoms with Crippen LogP contribution in [0.2, 0.25) is 0 Å². The standard InChI is InChI=1S/C19H30O7S/c1-11(20)15-7-14-8-16(15)18(27(22,23)24)17(14)19(21)26-10-13-5-3-12(4-6-13)9-25-2/h12-18H,3-10H2,1-2H3,(H,22,23,24). The van der Waals surface area contributed by atoms with Crippen molar-refractivity contribution < 1.29 is 32.0 Å². The second-order valence-corrected chi connectivity index (χ2v) is 10.2. The number of carbonyl (C=O) groups is 2. The zero-order valence-corrected chi connectivity index (χ0v) is 16.8. The van der Waals surface area contributed by atoms with Gasteiger partial charge in [0.15, 0.2) is 0 Å². The van der Waals surface area contributed by atoms with Crippen molar-refractivity contribution in [1.29, 1.82) is 0 Å². The Morgan fingerprint density at radius 1 is 1.04 bits per heavy atom. The third kappa shape index (κ3) is 4.38. The molecular formula is C19H30O7S. The van der Waals surface area contributed by atoms with Crippen LogP contribution in [0.1, 0.15) is 45.4 Å². The van der Waals surface area contributed by atoms with E-state index in [-0.39, 0.29) is 23.5 Å².